The number of nitrogens with zero attached hydrogens (tertiary/aromatic N) is 3. The third-order valence-corrected chi connectivity index (χ3v) is 4.16. The van der Waals surface area contributed by atoms with E-state index in [0.717, 1.165) is 11.4 Å². The van der Waals surface area contributed by atoms with Gasteiger partial charge in [-0.1, -0.05) is 11.6 Å². The van der Waals surface area contributed by atoms with Crippen LogP contribution in [0.1, 0.15) is 24.2 Å². The summed E-state index contributed by atoms with van der Waals surface area (Å²) in [4.78, 5) is 2.09. The lowest BCUT2D eigenvalue weighted by molar-refractivity contribution is -0.0779. The maximum absolute atomic E-state index is 10.5. The van der Waals surface area contributed by atoms with Crippen LogP contribution >= 0.6 is 11.6 Å². The van der Waals surface area contributed by atoms with Crippen LogP contribution in [0.4, 0.5) is 0 Å². The summed E-state index contributed by atoms with van der Waals surface area (Å²) in [6.07, 6.45) is 1.38. The Morgan fingerprint density at radius 3 is 2.63 bits per heavy atom. The van der Waals surface area contributed by atoms with Crippen LogP contribution in [0.15, 0.2) is 0 Å². The lowest BCUT2D eigenvalue weighted by atomic mass is 9.94. The number of aryl methyl sites for hydroxylation is 2. The van der Waals surface area contributed by atoms with Gasteiger partial charge in [-0.15, -0.1) is 0 Å². The van der Waals surface area contributed by atoms with Crippen LogP contribution in [0.25, 0.3) is 0 Å². The van der Waals surface area contributed by atoms with Gasteiger partial charge < -0.3 is 9.84 Å². The van der Waals surface area contributed by atoms with Gasteiger partial charge in [0, 0.05) is 46.2 Å². The molecule has 108 valence electrons. The Morgan fingerprint density at radius 2 is 2.11 bits per heavy atom. The third-order valence-electron chi connectivity index (χ3n) is 3.67. The molecule has 2 heterocycles. The number of aliphatic hydroxyl groups is 1. The van der Waals surface area contributed by atoms with Crippen LogP contribution in [-0.4, -0.2) is 52.2 Å². The summed E-state index contributed by atoms with van der Waals surface area (Å²) in [7, 11) is 3.89. The van der Waals surface area contributed by atoms with Crippen molar-refractivity contribution in [2.75, 3.05) is 26.8 Å². The van der Waals surface area contributed by atoms with Gasteiger partial charge in [-0.25, -0.2) is 0 Å². The van der Waals surface area contributed by atoms with E-state index in [4.69, 9.17) is 16.3 Å². The average molecular weight is 288 g/mol. The summed E-state index contributed by atoms with van der Waals surface area (Å²) >= 11 is 6.24. The van der Waals surface area contributed by atoms with E-state index < -0.39 is 5.60 Å². The van der Waals surface area contributed by atoms with Gasteiger partial charge >= 0.3 is 0 Å². The molecule has 0 aliphatic carbocycles. The molecule has 1 aliphatic rings. The van der Waals surface area contributed by atoms with Crippen LogP contribution in [0.2, 0.25) is 5.02 Å². The van der Waals surface area contributed by atoms with Crippen molar-refractivity contribution in [3.8, 4) is 0 Å². The zero-order valence-corrected chi connectivity index (χ0v) is 12.6. The summed E-state index contributed by atoms with van der Waals surface area (Å²) in [6.45, 7) is 4.47. The van der Waals surface area contributed by atoms with Crippen LogP contribution in [0.5, 0.6) is 0 Å². The minimum Gasteiger partial charge on any atom is -0.388 e. The van der Waals surface area contributed by atoms with Gasteiger partial charge in [0.2, 0.25) is 0 Å². The number of halogens is 1. The predicted octanol–water partition coefficient (Wildman–Crippen LogP) is 1.36. The molecule has 0 spiro atoms. The minimum absolute atomic E-state index is 0.622. The maximum atomic E-state index is 10.5. The number of hydrogen-bond donors (Lipinski definition) is 1. The molecule has 0 aromatic carbocycles. The summed E-state index contributed by atoms with van der Waals surface area (Å²) < 4.78 is 7.10. The van der Waals surface area contributed by atoms with Crippen molar-refractivity contribution in [1.29, 1.82) is 0 Å². The van der Waals surface area contributed by atoms with Crippen molar-refractivity contribution in [2.24, 2.45) is 7.05 Å². The number of likely N-dealkylation sites (N-methyl/N-ethyl adjacent to an activating group) is 1. The molecule has 1 aromatic heterocycles. The Kier molecular flexibility index (Phi) is 4.50. The Bertz CT molecular complexity index is 441. The van der Waals surface area contributed by atoms with E-state index in [0.29, 0.717) is 44.2 Å². The molecule has 1 aliphatic heterocycles. The van der Waals surface area contributed by atoms with Crippen molar-refractivity contribution < 1.29 is 9.84 Å². The second kappa shape index (κ2) is 5.79. The van der Waals surface area contributed by atoms with E-state index in [-0.39, 0.29) is 0 Å². The highest BCUT2D eigenvalue weighted by Crippen LogP contribution is 2.24. The fourth-order valence-electron chi connectivity index (χ4n) is 2.58. The first-order valence-electron chi connectivity index (χ1n) is 6.58. The lowest BCUT2D eigenvalue weighted by Crippen LogP contribution is -2.45. The van der Waals surface area contributed by atoms with Crippen molar-refractivity contribution in [3.05, 3.63) is 16.4 Å². The minimum atomic E-state index is -0.646. The van der Waals surface area contributed by atoms with Gasteiger partial charge in [-0.2, -0.15) is 5.10 Å². The average Bonchev–Trinajstić information content (AvgIpc) is 2.56. The summed E-state index contributed by atoms with van der Waals surface area (Å²) in [5.41, 5.74) is 1.18. The first kappa shape index (κ1) is 14.8. The second-order valence-electron chi connectivity index (χ2n) is 5.48. The van der Waals surface area contributed by atoms with Crippen molar-refractivity contribution in [1.82, 2.24) is 14.7 Å². The zero-order chi connectivity index (χ0) is 14.0. The standard InChI is InChI=1S/C13H22ClN3O2/c1-10-12(14)11(17(3)15-10)8-16(2)9-13(18)4-6-19-7-5-13/h18H,4-9H2,1-3H3. The largest absolute Gasteiger partial charge is 0.388 e. The van der Waals surface area contributed by atoms with E-state index in [2.05, 4.69) is 10.00 Å². The molecule has 6 heteroatoms. The maximum Gasteiger partial charge on any atom is 0.0860 e. The van der Waals surface area contributed by atoms with E-state index in [1.807, 2.05) is 25.7 Å². The molecule has 0 unspecified atom stereocenters. The van der Waals surface area contributed by atoms with Gasteiger partial charge in [0.15, 0.2) is 0 Å². The molecule has 1 N–H and O–H groups in total. The number of ether oxygens (including phenoxy) is 1. The monoisotopic (exact) mass is 287 g/mol. The highest BCUT2D eigenvalue weighted by atomic mass is 35.5. The molecular weight excluding hydrogens is 266 g/mol. The summed E-state index contributed by atoms with van der Waals surface area (Å²) in [5, 5.41) is 15.5. The van der Waals surface area contributed by atoms with Crippen LogP contribution in [0, 0.1) is 6.92 Å². The molecule has 0 saturated carbocycles. The molecule has 0 bridgehead atoms. The fourth-order valence-corrected chi connectivity index (χ4v) is 2.80. The first-order chi connectivity index (χ1) is 8.91. The van der Waals surface area contributed by atoms with Crippen molar-refractivity contribution >= 4 is 11.6 Å². The molecule has 0 amide bonds. The second-order valence-corrected chi connectivity index (χ2v) is 5.86. The van der Waals surface area contributed by atoms with E-state index in [9.17, 15) is 5.11 Å². The molecule has 0 radical (unpaired) electrons. The summed E-state index contributed by atoms with van der Waals surface area (Å²) in [6, 6.07) is 0. The van der Waals surface area contributed by atoms with Gasteiger partial charge in [0.05, 0.1) is 22.0 Å². The van der Waals surface area contributed by atoms with Crippen LogP contribution in [-0.2, 0) is 18.3 Å². The van der Waals surface area contributed by atoms with Gasteiger partial charge in [-0.05, 0) is 14.0 Å². The smallest absolute Gasteiger partial charge is 0.0860 e. The fraction of sp³-hybridized carbons (Fsp3) is 0.769. The number of aromatic nitrogens is 2. The molecule has 1 saturated heterocycles. The first-order valence-corrected chi connectivity index (χ1v) is 6.96. The number of rotatable bonds is 4. The SMILES string of the molecule is Cc1nn(C)c(CN(C)CC2(O)CCOCC2)c1Cl. The molecule has 2 rings (SSSR count). The van der Waals surface area contributed by atoms with Crippen molar-refractivity contribution in [2.45, 2.75) is 31.9 Å². The van der Waals surface area contributed by atoms with E-state index in [1.165, 1.54) is 0 Å². The van der Waals surface area contributed by atoms with Gasteiger partial charge in [0.25, 0.3) is 0 Å². The van der Waals surface area contributed by atoms with Crippen LogP contribution in [0.3, 0.4) is 0 Å². The molecule has 0 atom stereocenters. The molecular formula is C13H22ClN3O2. The highest BCUT2D eigenvalue weighted by Gasteiger charge is 2.31. The topological polar surface area (TPSA) is 50.5 Å². The Morgan fingerprint density at radius 1 is 1.47 bits per heavy atom. The zero-order valence-electron chi connectivity index (χ0n) is 11.8. The van der Waals surface area contributed by atoms with Crippen LogP contribution < -0.4 is 0 Å². The lowest BCUT2D eigenvalue weighted by Gasteiger charge is -2.35. The van der Waals surface area contributed by atoms with Gasteiger partial charge in [-0.3, -0.25) is 9.58 Å². The number of hydrogen-bond acceptors (Lipinski definition) is 4. The Labute approximate surface area is 119 Å². The Balaban J connectivity index is 1.99. The molecule has 1 aromatic rings. The normalized spacial score (nSPS) is 19.1. The quantitative estimate of drug-likeness (QED) is 0.908. The Hall–Kier alpha value is -0.620. The third kappa shape index (κ3) is 3.48. The van der Waals surface area contributed by atoms with E-state index in [1.54, 1.807) is 0 Å². The highest BCUT2D eigenvalue weighted by molar-refractivity contribution is 6.31. The summed E-state index contributed by atoms with van der Waals surface area (Å²) in [5.74, 6) is 0. The van der Waals surface area contributed by atoms with E-state index >= 15 is 0 Å². The molecule has 1 fully saturated rings. The molecule has 19 heavy (non-hydrogen) atoms. The predicted molar refractivity (Wildman–Crippen MR) is 74.3 cm³/mol. The van der Waals surface area contributed by atoms with Crippen molar-refractivity contribution in [3.63, 3.8) is 0 Å². The molecule has 5 nitrogen and oxygen atoms in total. The van der Waals surface area contributed by atoms with Gasteiger partial charge in [0.1, 0.15) is 0 Å².